The lowest BCUT2D eigenvalue weighted by molar-refractivity contribution is 0.660. The van der Waals surface area contributed by atoms with Gasteiger partial charge in [0.25, 0.3) is 0 Å². The van der Waals surface area contributed by atoms with Gasteiger partial charge in [0.05, 0.1) is 0 Å². The fourth-order valence-electron chi connectivity index (χ4n) is 9.80. The van der Waals surface area contributed by atoms with Crippen molar-refractivity contribution in [2.24, 2.45) is 0 Å². The highest BCUT2D eigenvalue weighted by molar-refractivity contribution is 5.87. The lowest BCUT2D eigenvalue weighted by Crippen LogP contribution is -2.15. The zero-order valence-corrected chi connectivity index (χ0v) is 35.2. The summed E-state index contributed by atoms with van der Waals surface area (Å²) < 4.78 is 0. The molecule has 2 aliphatic rings. The molecule has 0 amide bonds. The van der Waals surface area contributed by atoms with Crippen molar-refractivity contribution >= 4 is 0 Å². The van der Waals surface area contributed by atoms with E-state index < -0.39 is 0 Å². The Morgan fingerprint density at radius 3 is 1.33 bits per heavy atom. The van der Waals surface area contributed by atoms with Crippen molar-refractivity contribution in [3.05, 3.63) is 210 Å². The summed E-state index contributed by atoms with van der Waals surface area (Å²) in [5.41, 5.74) is 21.3. The Labute approximate surface area is 358 Å². The highest BCUT2D eigenvalue weighted by Crippen LogP contribution is 2.51. The van der Waals surface area contributed by atoms with Crippen LogP contribution >= 0.6 is 0 Å². The average Bonchev–Trinajstić information content (AvgIpc) is 3.67. The fourth-order valence-corrected chi connectivity index (χ4v) is 9.80. The smallest absolute Gasteiger partial charge is 0.164 e. The van der Waals surface area contributed by atoms with Crippen LogP contribution in [0.2, 0.25) is 0 Å². The van der Waals surface area contributed by atoms with Gasteiger partial charge in [-0.3, -0.25) is 0 Å². The van der Waals surface area contributed by atoms with Crippen LogP contribution in [-0.4, -0.2) is 15.0 Å². The Morgan fingerprint density at radius 2 is 0.672 bits per heavy atom. The van der Waals surface area contributed by atoms with Gasteiger partial charge >= 0.3 is 0 Å². The van der Waals surface area contributed by atoms with Gasteiger partial charge in [-0.1, -0.05) is 185 Å². The maximum Gasteiger partial charge on any atom is 0.164 e. The Morgan fingerprint density at radius 1 is 0.279 bits per heavy atom. The van der Waals surface area contributed by atoms with Crippen molar-refractivity contribution in [2.75, 3.05) is 0 Å². The van der Waals surface area contributed by atoms with Crippen LogP contribution in [0.25, 0.3) is 89.8 Å². The molecule has 3 heteroatoms. The van der Waals surface area contributed by atoms with Crippen molar-refractivity contribution in [2.45, 2.75) is 45.4 Å². The molecule has 8 aromatic carbocycles. The molecular weight excluding hydrogens is 739 g/mol. The number of hydrogen-bond acceptors (Lipinski definition) is 3. The van der Waals surface area contributed by atoms with Crippen LogP contribution in [0.15, 0.2) is 182 Å². The molecule has 1 heterocycles. The molecule has 292 valence electrons. The molecule has 0 saturated carbocycles. The minimum atomic E-state index is -0.157. The highest BCUT2D eigenvalue weighted by Gasteiger charge is 2.37. The lowest BCUT2D eigenvalue weighted by Gasteiger charge is -2.22. The predicted octanol–water partition coefficient (Wildman–Crippen LogP) is 14.8. The van der Waals surface area contributed by atoms with Crippen LogP contribution in [0, 0.1) is 6.92 Å². The summed E-state index contributed by atoms with van der Waals surface area (Å²) in [5, 5.41) is 0. The van der Waals surface area contributed by atoms with E-state index in [1.165, 1.54) is 61.2 Å². The molecule has 3 nitrogen and oxygen atoms in total. The normalized spacial score (nSPS) is 13.9. The largest absolute Gasteiger partial charge is 0.208 e. The second kappa shape index (κ2) is 13.9. The van der Waals surface area contributed by atoms with Crippen molar-refractivity contribution in [1.82, 2.24) is 15.0 Å². The molecule has 0 N–H and O–H groups in total. The molecule has 61 heavy (non-hydrogen) atoms. The molecule has 9 aromatic rings. The molecular formula is C58H45N3. The van der Waals surface area contributed by atoms with Crippen LogP contribution < -0.4 is 0 Å². The molecule has 0 fully saturated rings. The monoisotopic (exact) mass is 783 g/mol. The third-order valence-electron chi connectivity index (χ3n) is 13.2. The minimum absolute atomic E-state index is 0.117. The summed E-state index contributed by atoms with van der Waals surface area (Å²) in [6.45, 7) is 11.5. The number of fused-ring (bicyclic) bond motifs is 6. The third kappa shape index (κ3) is 6.15. The predicted molar refractivity (Wildman–Crippen MR) is 252 cm³/mol. The molecule has 11 rings (SSSR count). The van der Waals surface area contributed by atoms with Gasteiger partial charge in [-0.25, -0.2) is 15.0 Å². The molecule has 0 saturated heterocycles. The second-order valence-corrected chi connectivity index (χ2v) is 17.8. The molecule has 0 aliphatic heterocycles. The fraction of sp³-hybridized carbons (Fsp3) is 0.121. The zero-order valence-electron chi connectivity index (χ0n) is 35.2. The van der Waals surface area contributed by atoms with Gasteiger partial charge in [0.1, 0.15) is 0 Å². The van der Waals surface area contributed by atoms with E-state index in [0.29, 0.717) is 17.5 Å². The Bertz CT molecular complexity index is 3180. The van der Waals surface area contributed by atoms with Crippen LogP contribution in [0.5, 0.6) is 0 Å². The number of nitrogens with zero attached hydrogens (tertiary/aromatic N) is 3. The first-order chi connectivity index (χ1) is 29.6. The van der Waals surface area contributed by atoms with Crippen molar-refractivity contribution in [3.8, 4) is 89.8 Å². The van der Waals surface area contributed by atoms with E-state index in [4.69, 9.17) is 15.0 Å². The first-order valence-corrected chi connectivity index (χ1v) is 21.3. The quantitative estimate of drug-likeness (QED) is 0.169. The van der Waals surface area contributed by atoms with Gasteiger partial charge in [-0.05, 0) is 115 Å². The number of benzene rings is 8. The van der Waals surface area contributed by atoms with E-state index in [0.717, 1.165) is 38.9 Å². The lowest BCUT2D eigenvalue weighted by atomic mass is 9.81. The molecule has 0 radical (unpaired) electrons. The van der Waals surface area contributed by atoms with E-state index in [1.54, 1.807) is 0 Å². The average molecular weight is 784 g/mol. The number of aromatic nitrogens is 3. The Hall–Kier alpha value is -7.23. The highest BCUT2D eigenvalue weighted by atomic mass is 15.0. The van der Waals surface area contributed by atoms with E-state index in [9.17, 15) is 0 Å². The number of aryl methyl sites for hydroxylation is 1. The van der Waals surface area contributed by atoms with E-state index >= 15 is 0 Å². The summed E-state index contributed by atoms with van der Waals surface area (Å²) in [5.74, 6) is 1.95. The van der Waals surface area contributed by atoms with Gasteiger partial charge in [-0.2, -0.15) is 0 Å². The number of hydrogen-bond donors (Lipinski definition) is 0. The van der Waals surface area contributed by atoms with Gasteiger partial charge in [-0.15, -0.1) is 0 Å². The molecule has 2 aliphatic carbocycles. The SMILES string of the molecule is Cc1ccc2c(c1)C(C)(C)c1cc(-c3nc(-c4ccccc4)nc(-c4cc(-c5ccc(-c6ccccc6)cc5)cc(-c5ccc6c(c5)C(C)(C)c5ccccc5-6)c4)n3)ccc1-2. The van der Waals surface area contributed by atoms with Gasteiger partial charge in [0, 0.05) is 27.5 Å². The maximum absolute atomic E-state index is 5.35. The summed E-state index contributed by atoms with van der Waals surface area (Å²) in [7, 11) is 0. The minimum Gasteiger partial charge on any atom is -0.208 e. The van der Waals surface area contributed by atoms with Gasteiger partial charge < -0.3 is 0 Å². The van der Waals surface area contributed by atoms with Gasteiger partial charge in [0.2, 0.25) is 0 Å². The van der Waals surface area contributed by atoms with Crippen molar-refractivity contribution in [1.29, 1.82) is 0 Å². The van der Waals surface area contributed by atoms with Crippen LogP contribution in [0.1, 0.15) is 55.5 Å². The molecule has 0 atom stereocenters. The second-order valence-electron chi connectivity index (χ2n) is 17.8. The molecule has 1 aromatic heterocycles. The molecule has 0 bridgehead atoms. The third-order valence-corrected chi connectivity index (χ3v) is 13.2. The van der Waals surface area contributed by atoms with Gasteiger partial charge in [0.15, 0.2) is 17.5 Å². The summed E-state index contributed by atoms with van der Waals surface area (Å²) in [4.78, 5) is 15.8. The van der Waals surface area contributed by atoms with Crippen LogP contribution in [-0.2, 0) is 10.8 Å². The van der Waals surface area contributed by atoms with E-state index in [2.05, 4.69) is 198 Å². The van der Waals surface area contributed by atoms with Crippen molar-refractivity contribution < 1.29 is 0 Å². The van der Waals surface area contributed by atoms with E-state index in [-0.39, 0.29) is 10.8 Å². The first kappa shape index (κ1) is 36.8. The zero-order chi connectivity index (χ0) is 41.5. The summed E-state index contributed by atoms with van der Waals surface area (Å²) >= 11 is 0. The summed E-state index contributed by atoms with van der Waals surface area (Å²) in [6, 6.07) is 65.9. The topological polar surface area (TPSA) is 38.7 Å². The Kier molecular flexibility index (Phi) is 8.41. The number of rotatable bonds is 6. The molecule has 0 unspecified atom stereocenters. The van der Waals surface area contributed by atoms with Crippen LogP contribution in [0.4, 0.5) is 0 Å². The standard InChI is InChI=1S/C58H45N3/c1-36-20-27-47-49-29-26-42(35-53(49)58(4,5)51(47)30-36)55-59-54(40-16-10-7-11-17-40)60-56(61-55)45-32-43(39-23-21-38(22-24-39)37-14-8-6-9-15-37)31-44(33-45)41-25-28-48-46-18-12-13-19-50(46)57(2,3)52(48)34-41/h6-35H,1-5H3. The first-order valence-electron chi connectivity index (χ1n) is 21.3. The molecule has 0 spiro atoms. The maximum atomic E-state index is 5.35. The van der Waals surface area contributed by atoms with Crippen LogP contribution in [0.3, 0.4) is 0 Å². The summed E-state index contributed by atoms with van der Waals surface area (Å²) in [6.07, 6.45) is 0. The Balaban J connectivity index is 1.09. The van der Waals surface area contributed by atoms with Crippen molar-refractivity contribution in [3.63, 3.8) is 0 Å². The van der Waals surface area contributed by atoms with E-state index in [1.807, 2.05) is 18.2 Å².